The van der Waals surface area contributed by atoms with Crippen molar-refractivity contribution in [2.24, 2.45) is 0 Å². The van der Waals surface area contributed by atoms with Gasteiger partial charge in [-0.25, -0.2) is 9.97 Å². The van der Waals surface area contributed by atoms with Crippen LogP contribution in [0.1, 0.15) is 13.3 Å². The van der Waals surface area contributed by atoms with Crippen LogP contribution in [-0.2, 0) is 4.79 Å². The fraction of sp³-hybridized carbons (Fsp3) is 0.450. The summed E-state index contributed by atoms with van der Waals surface area (Å²) < 4.78 is 0. The van der Waals surface area contributed by atoms with E-state index in [9.17, 15) is 4.79 Å². The summed E-state index contributed by atoms with van der Waals surface area (Å²) in [6, 6.07) is 9.45. The molecule has 8 heteroatoms. The van der Waals surface area contributed by atoms with Crippen LogP contribution in [0.4, 0.5) is 5.95 Å². The molecule has 0 spiro atoms. The maximum Gasteiger partial charge on any atom is 0.233 e. The van der Waals surface area contributed by atoms with Crippen LogP contribution in [0.15, 0.2) is 47.6 Å². The molecule has 1 aromatic heterocycles. The number of anilines is 1. The van der Waals surface area contributed by atoms with Crippen LogP contribution in [0.5, 0.6) is 0 Å². The average Bonchev–Trinajstić information content (AvgIpc) is 2.73. The zero-order valence-corrected chi connectivity index (χ0v) is 17.6. The van der Waals surface area contributed by atoms with Gasteiger partial charge in [0.05, 0.1) is 10.3 Å². The number of amides is 1. The number of piperazine rings is 1. The quantitative estimate of drug-likeness (QED) is 0.524. The van der Waals surface area contributed by atoms with E-state index < -0.39 is 0 Å². The lowest BCUT2D eigenvalue weighted by Gasteiger charge is -2.34. The number of hydrogen-bond acceptors (Lipinski definition) is 6. The Kier molecular flexibility index (Phi) is 7.94. The second kappa shape index (κ2) is 10.6. The van der Waals surface area contributed by atoms with Gasteiger partial charge in [-0.1, -0.05) is 23.7 Å². The first-order valence-corrected chi connectivity index (χ1v) is 10.8. The molecule has 2 heterocycles. The van der Waals surface area contributed by atoms with Crippen LogP contribution in [0, 0.1) is 0 Å². The molecule has 0 aliphatic carbocycles. The van der Waals surface area contributed by atoms with Gasteiger partial charge in [-0.05, 0) is 38.1 Å². The van der Waals surface area contributed by atoms with Crippen LogP contribution in [0.2, 0.25) is 5.02 Å². The topological polar surface area (TPSA) is 61.4 Å². The molecule has 28 heavy (non-hydrogen) atoms. The van der Waals surface area contributed by atoms with E-state index in [1.165, 1.54) is 11.8 Å². The van der Waals surface area contributed by atoms with E-state index >= 15 is 0 Å². The van der Waals surface area contributed by atoms with Crippen molar-refractivity contribution in [1.82, 2.24) is 20.2 Å². The van der Waals surface area contributed by atoms with Gasteiger partial charge in [0.25, 0.3) is 0 Å². The van der Waals surface area contributed by atoms with Crippen molar-refractivity contribution >= 4 is 35.2 Å². The molecule has 0 radical (unpaired) electrons. The van der Waals surface area contributed by atoms with Crippen LogP contribution >= 0.6 is 23.4 Å². The SMILES string of the molecule is CC(Sc1ccccc1Cl)C(=O)NCCCN1CCN(c2ncccn2)CC1. The first-order valence-electron chi connectivity index (χ1n) is 9.56. The molecule has 1 amide bonds. The van der Waals surface area contributed by atoms with Crippen molar-refractivity contribution < 1.29 is 4.79 Å². The van der Waals surface area contributed by atoms with Crippen molar-refractivity contribution in [2.75, 3.05) is 44.2 Å². The predicted octanol–water partition coefficient (Wildman–Crippen LogP) is 2.94. The van der Waals surface area contributed by atoms with Gasteiger partial charge in [0.15, 0.2) is 0 Å². The lowest BCUT2D eigenvalue weighted by atomic mass is 10.3. The number of nitrogens with zero attached hydrogens (tertiary/aromatic N) is 4. The second-order valence-electron chi connectivity index (χ2n) is 6.71. The molecule has 1 aliphatic heterocycles. The van der Waals surface area contributed by atoms with Gasteiger partial charge in [0.2, 0.25) is 11.9 Å². The molecule has 1 unspecified atom stereocenters. The molecule has 1 aromatic carbocycles. The molecule has 6 nitrogen and oxygen atoms in total. The third-order valence-electron chi connectivity index (χ3n) is 4.67. The molecule has 150 valence electrons. The van der Waals surface area contributed by atoms with E-state index in [0.29, 0.717) is 11.6 Å². The Morgan fingerprint density at radius 3 is 2.61 bits per heavy atom. The number of carbonyl (C=O) groups excluding carboxylic acids is 1. The molecule has 2 aromatic rings. The molecule has 3 rings (SSSR count). The fourth-order valence-corrected chi connectivity index (χ4v) is 4.25. The number of rotatable bonds is 8. The van der Waals surface area contributed by atoms with E-state index in [2.05, 4.69) is 25.1 Å². The zero-order chi connectivity index (χ0) is 19.8. The Morgan fingerprint density at radius 1 is 1.18 bits per heavy atom. The molecule has 1 N–H and O–H groups in total. The van der Waals surface area contributed by atoms with Crippen LogP contribution in [0.25, 0.3) is 0 Å². The summed E-state index contributed by atoms with van der Waals surface area (Å²) >= 11 is 7.66. The van der Waals surface area contributed by atoms with Crippen LogP contribution in [-0.4, -0.2) is 65.3 Å². The molecule has 0 bridgehead atoms. The van der Waals surface area contributed by atoms with Crippen LogP contribution in [0.3, 0.4) is 0 Å². The lowest BCUT2D eigenvalue weighted by molar-refractivity contribution is -0.120. The summed E-state index contributed by atoms with van der Waals surface area (Å²) in [6.07, 6.45) is 4.50. The fourth-order valence-electron chi connectivity index (χ4n) is 3.07. The largest absolute Gasteiger partial charge is 0.355 e. The normalized spacial score (nSPS) is 16.0. The zero-order valence-electron chi connectivity index (χ0n) is 16.1. The van der Waals surface area contributed by atoms with E-state index in [1.54, 1.807) is 12.4 Å². The Labute approximate surface area is 175 Å². The maximum absolute atomic E-state index is 12.3. The van der Waals surface area contributed by atoms with Gasteiger partial charge in [-0.15, -0.1) is 11.8 Å². The van der Waals surface area contributed by atoms with Crippen molar-refractivity contribution in [3.8, 4) is 0 Å². The number of hydrogen-bond donors (Lipinski definition) is 1. The third kappa shape index (κ3) is 6.09. The summed E-state index contributed by atoms with van der Waals surface area (Å²) in [5, 5.41) is 3.55. The first kappa shape index (κ1) is 20.9. The summed E-state index contributed by atoms with van der Waals surface area (Å²) in [6.45, 7) is 7.43. The highest BCUT2D eigenvalue weighted by Crippen LogP contribution is 2.29. The molecule has 1 saturated heterocycles. The highest BCUT2D eigenvalue weighted by molar-refractivity contribution is 8.00. The van der Waals surface area contributed by atoms with Crippen molar-refractivity contribution in [3.05, 3.63) is 47.7 Å². The van der Waals surface area contributed by atoms with Gasteiger partial charge in [-0.3, -0.25) is 9.69 Å². The van der Waals surface area contributed by atoms with Gasteiger partial charge in [0, 0.05) is 50.0 Å². The van der Waals surface area contributed by atoms with E-state index in [4.69, 9.17) is 11.6 Å². The number of benzene rings is 1. The highest BCUT2D eigenvalue weighted by atomic mass is 35.5. The van der Waals surface area contributed by atoms with Gasteiger partial charge in [-0.2, -0.15) is 0 Å². The van der Waals surface area contributed by atoms with Crippen molar-refractivity contribution in [2.45, 2.75) is 23.5 Å². The Morgan fingerprint density at radius 2 is 1.89 bits per heavy atom. The number of nitrogens with one attached hydrogen (secondary N) is 1. The van der Waals surface area contributed by atoms with E-state index in [-0.39, 0.29) is 11.2 Å². The van der Waals surface area contributed by atoms with Crippen LogP contribution < -0.4 is 10.2 Å². The standard InChI is InChI=1S/C20H26ClN5OS/c1-16(28-18-7-3-2-6-17(18)21)19(27)22-10-5-11-25-12-14-26(15-13-25)20-23-8-4-9-24-20/h2-4,6-9,16H,5,10-15H2,1H3,(H,22,27). The van der Waals surface area contributed by atoms with Gasteiger partial charge >= 0.3 is 0 Å². The molecule has 1 aliphatic rings. The smallest absolute Gasteiger partial charge is 0.233 e. The second-order valence-corrected chi connectivity index (χ2v) is 8.50. The minimum absolute atomic E-state index is 0.0518. The minimum Gasteiger partial charge on any atom is -0.355 e. The summed E-state index contributed by atoms with van der Waals surface area (Å²) in [4.78, 5) is 26.5. The average molecular weight is 420 g/mol. The summed E-state index contributed by atoms with van der Waals surface area (Å²) in [5.41, 5.74) is 0. The molecular formula is C20H26ClN5OS. The van der Waals surface area contributed by atoms with Gasteiger partial charge < -0.3 is 10.2 Å². The molecule has 0 saturated carbocycles. The molecular weight excluding hydrogens is 394 g/mol. The number of thioether (sulfide) groups is 1. The Bertz CT molecular complexity index is 755. The van der Waals surface area contributed by atoms with Crippen molar-refractivity contribution in [3.63, 3.8) is 0 Å². The van der Waals surface area contributed by atoms with Crippen molar-refractivity contribution in [1.29, 1.82) is 0 Å². The maximum atomic E-state index is 12.3. The minimum atomic E-state index is -0.172. The van der Waals surface area contributed by atoms with E-state index in [1.807, 2.05) is 37.3 Å². The van der Waals surface area contributed by atoms with E-state index in [0.717, 1.165) is 50.0 Å². The third-order valence-corrected chi connectivity index (χ3v) is 6.29. The van der Waals surface area contributed by atoms with Gasteiger partial charge in [0.1, 0.15) is 0 Å². The first-order chi connectivity index (χ1) is 13.6. The molecule has 1 fully saturated rings. The lowest BCUT2D eigenvalue weighted by Crippen LogP contribution is -2.47. The number of aromatic nitrogens is 2. The number of halogens is 1. The monoisotopic (exact) mass is 419 g/mol. The Hall–Kier alpha value is -1.83. The summed E-state index contributed by atoms with van der Waals surface area (Å²) in [7, 11) is 0. The summed E-state index contributed by atoms with van der Waals surface area (Å²) in [5.74, 6) is 0.857. The highest BCUT2D eigenvalue weighted by Gasteiger charge is 2.19. The Balaban J connectivity index is 1.31. The number of carbonyl (C=O) groups is 1. The molecule has 1 atom stereocenters. The predicted molar refractivity (Wildman–Crippen MR) is 115 cm³/mol.